The largest absolute Gasteiger partial charge is 0.481 e. The molecule has 0 bridgehead atoms. The second-order valence-corrected chi connectivity index (χ2v) is 7.12. The number of carboxylic acid groups (broad SMARTS) is 1. The summed E-state index contributed by atoms with van der Waals surface area (Å²) >= 11 is 0. The number of carbonyl (C=O) groups is 2. The number of hydrogen-bond acceptors (Lipinski definition) is 3. The third-order valence-electron chi connectivity index (χ3n) is 4.29. The maximum Gasteiger partial charge on any atom is 0.410 e. The van der Waals surface area contributed by atoms with Crippen LogP contribution in [0.4, 0.5) is 4.79 Å². The monoisotopic (exact) mass is 299 g/mol. The Labute approximate surface area is 127 Å². The van der Waals surface area contributed by atoms with E-state index in [0.29, 0.717) is 25.3 Å². The van der Waals surface area contributed by atoms with Gasteiger partial charge in [-0.05, 0) is 39.5 Å². The van der Waals surface area contributed by atoms with Crippen LogP contribution in [-0.2, 0) is 9.53 Å². The SMILES string of the molecule is CCC(CC)CC1(C(=O)O)CCN(C(=O)OC(C)(C)C)C1. The second-order valence-electron chi connectivity index (χ2n) is 7.12. The van der Waals surface area contributed by atoms with E-state index in [-0.39, 0.29) is 6.54 Å². The number of likely N-dealkylation sites (tertiary alicyclic amines) is 1. The first-order valence-electron chi connectivity index (χ1n) is 7.85. The van der Waals surface area contributed by atoms with Crippen LogP contribution in [0.2, 0.25) is 0 Å². The minimum absolute atomic E-state index is 0.258. The lowest BCUT2D eigenvalue weighted by molar-refractivity contribution is -0.149. The van der Waals surface area contributed by atoms with Crippen molar-refractivity contribution in [3.8, 4) is 0 Å². The van der Waals surface area contributed by atoms with Crippen LogP contribution in [0.5, 0.6) is 0 Å². The van der Waals surface area contributed by atoms with Crippen molar-refractivity contribution in [1.82, 2.24) is 4.90 Å². The summed E-state index contributed by atoms with van der Waals surface area (Å²) < 4.78 is 5.35. The predicted octanol–water partition coefficient (Wildman–Crippen LogP) is 3.52. The molecule has 5 nitrogen and oxygen atoms in total. The van der Waals surface area contributed by atoms with Crippen LogP contribution < -0.4 is 0 Å². The van der Waals surface area contributed by atoms with E-state index < -0.39 is 23.1 Å². The van der Waals surface area contributed by atoms with E-state index in [4.69, 9.17) is 4.74 Å². The second kappa shape index (κ2) is 6.67. The highest BCUT2D eigenvalue weighted by Crippen LogP contribution is 2.39. The van der Waals surface area contributed by atoms with Crippen molar-refractivity contribution in [3.05, 3.63) is 0 Å². The van der Waals surface area contributed by atoms with Crippen LogP contribution in [-0.4, -0.2) is 40.8 Å². The standard InChI is InChI=1S/C16H29NO4/c1-6-12(7-2)10-16(13(18)19)8-9-17(11-16)14(20)21-15(3,4)5/h12H,6-11H2,1-5H3,(H,18,19). The fourth-order valence-electron chi connectivity index (χ4n) is 2.91. The number of ether oxygens (including phenoxy) is 1. The zero-order valence-corrected chi connectivity index (χ0v) is 13.9. The summed E-state index contributed by atoms with van der Waals surface area (Å²) in [6.45, 7) is 10.3. The molecule has 1 saturated heterocycles. The molecule has 0 radical (unpaired) electrons. The number of aliphatic carboxylic acids is 1. The van der Waals surface area contributed by atoms with Crippen LogP contribution in [0, 0.1) is 11.3 Å². The number of amides is 1. The summed E-state index contributed by atoms with van der Waals surface area (Å²) in [4.78, 5) is 25.4. The van der Waals surface area contributed by atoms with E-state index in [9.17, 15) is 14.7 Å². The van der Waals surface area contributed by atoms with E-state index in [1.165, 1.54) is 0 Å². The summed E-state index contributed by atoms with van der Waals surface area (Å²) in [5.41, 5.74) is -1.37. The highest BCUT2D eigenvalue weighted by atomic mass is 16.6. The molecular weight excluding hydrogens is 270 g/mol. The highest BCUT2D eigenvalue weighted by molar-refractivity contribution is 5.78. The number of nitrogens with zero attached hydrogens (tertiary/aromatic N) is 1. The summed E-state index contributed by atoms with van der Waals surface area (Å²) in [5.74, 6) is -0.403. The lowest BCUT2D eigenvalue weighted by atomic mass is 9.77. The van der Waals surface area contributed by atoms with Crippen LogP contribution in [0.15, 0.2) is 0 Å². The van der Waals surface area contributed by atoms with Gasteiger partial charge in [-0.25, -0.2) is 4.79 Å². The van der Waals surface area contributed by atoms with Crippen molar-refractivity contribution in [1.29, 1.82) is 0 Å². The van der Waals surface area contributed by atoms with E-state index in [1.54, 1.807) is 4.90 Å². The van der Waals surface area contributed by atoms with Gasteiger partial charge in [0.2, 0.25) is 0 Å². The van der Waals surface area contributed by atoms with E-state index in [2.05, 4.69) is 13.8 Å². The summed E-state index contributed by atoms with van der Waals surface area (Å²) in [6, 6.07) is 0. The molecule has 0 saturated carbocycles. The van der Waals surface area contributed by atoms with Crippen LogP contribution in [0.1, 0.15) is 60.3 Å². The first-order valence-corrected chi connectivity index (χ1v) is 7.85. The molecule has 1 aliphatic heterocycles. The molecule has 1 atom stereocenters. The zero-order chi connectivity index (χ0) is 16.3. The van der Waals surface area contributed by atoms with Gasteiger partial charge >= 0.3 is 12.1 Å². The van der Waals surface area contributed by atoms with Crippen molar-refractivity contribution in [3.63, 3.8) is 0 Å². The minimum Gasteiger partial charge on any atom is -0.481 e. The molecule has 0 aliphatic carbocycles. The predicted molar refractivity (Wildman–Crippen MR) is 81.2 cm³/mol. The average Bonchev–Trinajstić information content (AvgIpc) is 2.79. The van der Waals surface area contributed by atoms with Crippen molar-refractivity contribution in [2.45, 2.75) is 65.9 Å². The fraction of sp³-hybridized carbons (Fsp3) is 0.875. The Morgan fingerprint density at radius 2 is 1.86 bits per heavy atom. The number of carbonyl (C=O) groups excluding carboxylic acids is 1. The zero-order valence-electron chi connectivity index (χ0n) is 13.9. The number of rotatable bonds is 5. The molecule has 1 heterocycles. The molecule has 0 aromatic rings. The van der Waals surface area contributed by atoms with Gasteiger partial charge in [0, 0.05) is 13.1 Å². The molecule has 1 unspecified atom stereocenters. The lowest BCUT2D eigenvalue weighted by Crippen LogP contribution is -2.40. The minimum atomic E-state index is -0.812. The van der Waals surface area contributed by atoms with Gasteiger partial charge in [-0.15, -0.1) is 0 Å². The molecule has 1 N–H and O–H groups in total. The Hall–Kier alpha value is -1.26. The highest BCUT2D eigenvalue weighted by Gasteiger charge is 2.47. The average molecular weight is 299 g/mol. The molecule has 1 fully saturated rings. The smallest absolute Gasteiger partial charge is 0.410 e. The van der Waals surface area contributed by atoms with Crippen molar-refractivity contribution < 1.29 is 19.4 Å². The summed E-state index contributed by atoms with van der Waals surface area (Å²) in [5, 5.41) is 9.66. The van der Waals surface area contributed by atoms with Crippen LogP contribution in [0.25, 0.3) is 0 Å². The van der Waals surface area contributed by atoms with Crippen LogP contribution >= 0.6 is 0 Å². The molecule has 1 aliphatic rings. The summed E-state index contributed by atoms with van der Waals surface area (Å²) in [7, 11) is 0. The molecule has 5 heteroatoms. The Kier molecular flexibility index (Phi) is 5.65. The molecule has 1 rings (SSSR count). The Morgan fingerprint density at radius 1 is 1.29 bits per heavy atom. The van der Waals surface area contributed by atoms with Gasteiger partial charge in [-0.3, -0.25) is 4.79 Å². The molecule has 1 amide bonds. The van der Waals surface area contributed by atoms with E-state index in [1.807, 2.05) is 20.8 Å². The van der Waals surface area contributed by atoms with Gasteiger partial charge in [0.1, 0.15) is 5.60 Å². The first kappa shape index (κ1) is 17.8. The van der Waals surface area contributed by atoms with Gasteiger partial charge in [-0.1, -0.05) is 26.7 Å². The molecule has 0 spiro atoms. The Bertz CT molecular complexity index is 384. The normalized spacial score (nSPS) is 22.7. The summed E-state index contributed by atoms with van der Waals surface area (Å²) in [6.07, 6.45) is 2.68. The van der Waals surface area contributed by atoms with Gasteiger partial charge in [-0.2, -0.15) is 0 Å². The van der Waals surface area contributed by atoms with Crippen molar-refractivity contribution in [2.75, 3.05) is 13.1 Å². The first-order chi connectivity index (χ1) is 9.63. The lowest BCUT2D eigenvalue weighted by Gasteiger charge is -2.29. The molecular formula is C16H29NO4. The van der Waals surface area contributed by atoms with Crippen LogP contribution in [0.3, 0.4) is 0 Å². The van der Waals surface area contributed by atoms with Gasteiger partial charge in [0.15, 0.2) is 0 Å². The molecule has 21 heavy (non-hydrogen) atoms. The number of hydrogen-bond donors (Lipinski definition) is 1. The third kappa shape index (κ3) is 4.61. The Balaban J connectivity index is 2.78. The van der Waals surface area contributed by atoms with Crippen molar-refractivity contribution >= 4 is 12.1 Å². The molecule has 0 aromatic carbocycles. The van der Waals surface area contributed by atoms with Gasteiger partial charge in [0.05, 0.1) is 5.41 Å². The fourth-order valence-corrected chi connectivity index (χ4v) is 2.91. The molecule has 0 aromatic heterocycles. The van der Waals surface area contributed by atoms with Gasteiger partial charge in [0.25, 0.3) is 0 Å². The quantitative estimate of drug-likeness (QED) is 0.843. The third-order valence-corrected chi connectivity index (χ3v) is 4.29. The maximum absolute atomic E-state index is 12.1. The van der Waals surface area contributed by atoms with E-state index in [0.717, 1.165) is 12.8 Å². The topological polar surface area (TPSA) is 66.8 Å². The molecule has 122 valence electrons. The number of carboxylic acids is 1. The van der Waals surface area contributed by atoms with Crippen molar-refractivity contribution in [2.24, 2.45) is 11.3 Å². The Morgan fingerprint density at radius 3 is 2.29 bits per heavy atom. The van der Waals surface area contributed by atoms with E-state index >= 15 is 0 Å². The maximum atomic E-state index is 12.1. The van der Waals surface area contributed by atoms with Gasteiger partial charge < -0.3 is 14.7 Å².